The summed E-state index contributed by atoms with van der Waals surface area (Å²) in [4.78, 5) is 23.5. The van der Waals surface area contributed by atoms with E-state index in [4.69, 9.17) is 9.47 Å². The first-order chi connectivity index (χ1) is 11.6. The monoisotopic (exact) mass is 324 g/mol. The van der Waals surface area contributed by atoms with Crippen LogP contribution in [0.3, 0.4) is 0 Å². The highest BCUT2D eigenvalue weighted by atomic mass is 16.6. The third kappa shape index (κ3) is 3.30. The Morgan fingerprint density at radius 3 is 2.79 bits per heavy atom. The first kappa shape index (κ1) is 15.8. The Kier molecular flexibility index (Phi) is 4.33. The lowest BCUT2D eigenvalue weighted by Gasteiger charge is -2.05. The molecule has 0 bridgehead atoms. The quantitative estimate of drug-likeness (QED) is 0.638. The second-order valence-electron chi connectivity index (χ2n) is 5.38. The van der Waals surface area contributed by atoms with Gasteiger partial charge < -0.3 is 14.2 Å². The Hall–Kier alpha value is -3.08. The average Bonchev–Trinajstić information content (AvgIpc) is 2.88. The van der Waals surface area contributed by atoms with Crippen LogP contribution >= 0.6 is 0 Å². The molecule has 2 aromatic rings. The Morgan fingerprint density at radius 2 is 2.04 bits per heavy atom. The van der Waals surface area contributed by atoms with Gasteiger partial charge in [-0.25, -0.2) is 4.79 Å². The van der Waals surface area contributed by atoms with E-state index in [9.17, 15) is 9.59 Å². The molecule has 0 amide bonds. The van der Waals surface area contributed by atoms with Crippen molar-refractivity contribution in [2.24, 2.45) is 0 Å². The fourth-order valence-corrected chi connectivity index (χ4v) is 2.37. The molecule has 0 radical (unpaired) electrons. The molecule has 1 heterocycles. The predicted octanol–water partition coefficient (Wildman–Crippen LogP) is 3.16. The van der Waals surface area contributed by atoms with Crippen LogP contribution in [0.4, 0.5) is 0 Å². The van der Waals surface area contributed by atoms with Crippen molar-refractivity contribution in [3.8, 4) is 11.5 Å². The molecule has 1 aliphatic heterocycles. The van der Waals surface area contributed by atoms with Crippen LogP contribution in [0.2, 0.25) is 0 Å². The summed E-state index contributed by atoms with van der Waals surface area (Å²) in [6.07, 6.45) is 1.71. The maximum absolute atomic E-state index is 12.4. The van der Waals surface area contributed by atoms with E-state index < -0.39 is 5.97 Å². The van der Waals surface area contributed by atoms with Crippen molar-refractivity contribution in [1.29, 1.82) is 0 Å². The summed E-state index contributed by atoms with van der Waals surface area (Å²) in [5.74, 6) is 0.462. The van der Waals surface area contributed by atoms with E-state index in [0.717, 1.165) is 11.1 Å². The van der Waals surface area contributed by atoms with E-state index in [2.05, 4.69) is 4.74 Å². The molecule has 5 nitrogen and oxygen atoms in total. The van der Waals surface area contributed by atoms with E-state index in [1.165, 1.54) is 7.11 Å². The first-order valence-corrected chi connectivity index (χ1v) is 7.41. The lowest BCUT2D eigenvalue weighted by atomic mass is 10.1. The molecule has 24 heavy (non-hydrogen) atoms. The largest absolute Gasteiger partial charge is 0.482 e. The van der Waals surface area contributed by atoms with Gasteiger partial charge in [-0.15, -0.1) is 0 Å². The SMILES string of the molecule is COC(=O)COc1ccc2c(c1)O/C(=C\c1cccc(C)c1)C2=O. The zero-order valence-electron chi connectivity index (χ0n) is 13.4. The van der Waals surface area contributed by atoms with E-state index in [-0.39, 0.29) is 18.1 Å². The van der Waals surface area contributed by atoms with Gasteiger partial charge in [0.15, 0.2) is 12.4 Å². The standard InChI is InChI=1S/C19H16O5/c1-12-4-3-5-13(8-12)9-17-19(21)15-7-6-14(10-16(15)24-17)23-11-18(20)22-2/h3-10H,11H2,1-2H3/b17-9-. The minimum atomic E-state index is -0.479. The van der Waals surface area contributed by atoms with Crippen LogP contribution in [0, 0.1) is 6.92 Å². The normalized spacial score (nSPS) is 14.2. The molecule has 2 aromatic carbocycles. The van der Waals surface area contributed by atoms with Crippen molar-refractivity contribution in [2.75, 3.05) is 13.7 Å². The number of fused-ring (bicyclic) bond motifs is 1. The second kappa shape index (κ2) is 6.58. The molecule has 0 atom stereocenters. The number of aryl methyl sites for hydroxylation is 1. The van der Waals surface area contributed by atoms with E-state index in [1.807, 2.05) is 31.2 Å². The highest BCUT2D eigenvalue weighted by Crippen LogP contribution is 2.34. The van der Waals surface area contributed by atoms with Crippen molar-refractivity contribution in [2.45, 2.75) is 6.92 Å². The number of ether oxygens (including phenoxy) is 3. The number of methoxy groups -OCH3 is 1. The number of allylic oxidation sites excluding steroid dienone is 1. The lowest BCUT2D eigenvalue weighted by Crippen LogP contribution is -2.12. The summed E-state index contributed by atoms with van der Waals surface area (Å²) in [5.41, 5.74) is 2.47. The summed E-state index contributed by atoms with van der Waals surface area (Å²) in [5, 5.41) is 0. The molecule has 1 aliphatic rings. The Labute approximate surface area is 139 Å². The van der Waals surface area contributed by atoms with Crippen LogP contribution < -0.4 is 9.47 Å². The fourth-order valence-electron chi connectivity index (χ4n) is 2.37. The maximum Gasteiger partial charge on any atom is 0.343 e. The molecule has 0 unspecified atom stereocenters. The average molecular weight is 324 g/mol. The smallest absolute Gasteiger partial charge is 0.343 e. The predicted molar refractivity (Wildman–Crippen MR) is 88.1 cm³/mol. The molecule has 0 aliphatic carbocycles. The van der Waals surface area contributed by atoms with Crippen molar-refractivity contribution in [3.05, 3.63) is 64.9 Å². The van der Waals surface area contributed by atoms with Gasteiger partial charge in [0.2, 0.25) is 5.78 Å². The van der Waals surface area contributed by atoms with Crippen LogP contribution in [-0.2, 0) is 9.53 Å². The van der Waals surface area contributed by atoms with Crippen molar-refractivity contribution < 1.29 is 23.8 Å². The Balaban J connectivity index is 1.81. The summed E-state index contributed by atoms with van der Waals surface area (Å²) in [6.45, 7) is 1.79. The molecular formula is C19H16O5. The number of Topliss-reactive ketones (excluding diaryl/α,β-unsaturated/α-hetero) is 1. The van der Waals surface area contributed by atoms with Crippen LogP contribution in [-0.4, -0.2) is 25.5 Å². The van der Waals surface area contributed by atoms with Gasteiger partial charge in [0.25, 0.3) is 0 Å². The van der Waals surface area contributed by atoms with Crippen LogP contribution in [0.15, 0.2) is 48.2 Å². The highest BCUT2D eigenvalue weighted by molar-refractivity contribution is 6.14. The van der Waals surface area contributed by atoms with E-state index in [0.29, 0.717) is 17.1 Å². The summed E-state index contributed by atoms with van der Waals surface area (Å²) in [7, 11) is 1.29. The number of benzene rings is 2. The lowest BCUT2D eigenvalue weighted by molar-refractivity contribution is -0.142. The van der Waals surface area contributed by atoms with Gasteiger partial charge in [-0.2, -0.15) is 0 Å². The van der Waals surface area contributed by atoms with Gasteiger partial charge in [-0.1, -0.05) is 29.8 Å². The summed E-state index contributed by atoms with van der Waals surface area (Å²) in [6, 6.07) is 12.6. The topological polar surface area (TPSA) is 61.8 Å². The van der Waals surface area contributed by atoms with Gasteiger partial charge in [-0.3, -0.25) is 4.79 Å². The molecule has 0 saturated carbocycles. The van der Waals surface area contributed by atoms with Gasteiger partial charge in [0.05, 0.1) is 12.7 Å². The number of hydrogen-bond acceptors (Lipinski definition) is 5. The molecule has 5 heteroatoms. The third-order valence-electron chi connectivity index (χ3n) is 3.57. The van der Waals surface area contributed by atoms with Gasteiger partial charge in [-0.05, 0) is 30.7 Å². The molecule has 0 saturated heterocycles. The molecule has 0 aromatic heterocycles. The molecule has 122 valence electrons. The van der Waals surface area contributed by atoms with Gasteiger partial charge >= 0.3 is 5.97 Å². The highest BCUT2D eigenvalue weighted by Gasteiger charge is 2.27. The second-order valence-corrected chi connectivity index (χ2v) is 5.38. The summed E-state index contributed by atoms with van der Waals surface area (Å²) < 4.78 is 15.5. The minimum Gasteiger partial charge on any atom is -0.482 e. The van der Waals surface area contributed by atoms with Gasteiger partial charge in [0, 0.05) is 6.07 Å². The molecule has 0 spiro atoms. The zero-order valence-corrected chi connectivity index (χ0v) is 13.4. The Morgan fingerprint density at radius 1 is 1.21 bits per heavy atom. The molecular weight excluding hydrogens is 308 g/mol. The van der Waals surface area contributed by atoms with Crippen molar-refractivity contribution in [3.63, 3.8) is 0 Å². The number of rotatable bonds is 4. The van der Waals surface area contributed by atoms with Crippen LogP contribution in [0.25, 0.3) is 6.08 Å². The van der Waals surface area contributed by atoms with Crippen molar-refractivity contribution >= 4 is 17.8 Å². The maximum atomic E-state index is 12.4. The fraction of sp³-hybridized carbons (Fsp3) is 0.158. The van der Waals surface area contributed by atoms with Crippen molar-refractivity contribution in [1.82, 2.24) is 0 Å². The van der Waals surface area contributed by atoms with Crippen LogP contribution in [0.1, 0.15) is 21.5 Å². The van der Waals surface area contributed by atoms with Gasteiger partial charge in [0.1, 0.15) is 11.5 Å². The molecule has 0 N–H and O–H groups in total. The molecule has 0 fully saturated rings. The van der Waals surface area contributed by atoms with Crippen LogP contribution in [0.5, 0.6) is 11.5 Å². The number of hydrogen-bond donors (Lipinski definition) is 0. The Bertz CT molecular complexity index is 835. The van der Waals surface area contributed by atoms with E-state index in [1.54, 1.807) is 24.3 Å². The van der Waals surface area contributed by atoms with E-state index >= 15 is 0 Å². The third-order valence-corrected chi connectivity index (χ3v) is 3.57. The first-order valence-electron chi connectivity index (χ1n) is 7.41. The minimum absolute atomic E-state index is 0.175. The number of carbonyl (C=O) groups is 2. The summed E-state index contributed by atoms with van der Waals surface area (Å²) >= 11 is 0. The molecule has 3 rings (SSSR count). The zero-order chi connectivity index (χ0) is 17.1. The number of ketones is 1. The number of carbonyl (C=O) groups excluding carboxylic acids is 2. The number of esters is 1.